The Morgan fingerprint density at radius 3 is 2.86 bits per heavy atom. The minimum absolute atomic E-state index is 0. The Morgan fingerprint density at radius 2 is 2.10 bits per heavy atom. The summed E-state index contributed by atoms with van der Waals surface area (Å²) in [5, 5.41) is 6.31. The lowest BCUT2D eigenvalue weighted by Crippen LogP contribution is -2.23. The lowest BCUT2D eigenvalue weighted by molar-refractivity contribution is -0.116. The smallest absolute Gasteiger partial charge is 0.224 e. The van der Waals surface area contributed by atoms with E-state index in [0.29, 0.717) is 31.4 Å². The maximum atomic E-state index is 11.9. The van der Waals surface area contributed by atoms with Gasteiger partial charge >= 0.3 is 0 Å². The topological polar surface area (TPSA) is 59.6 Å². The molecule has 0 bridgehead atoms. The molecular weight excluding hydrogens is 292 g/mol. The fraction of sp³-hybridized carbons (Fsp3) is 0.533. The second-order valence-corrected chi connectivity index (χ2v) is 5.24. The Hall–Kier alpha value is -1.46. The van der Waals surface area contributed by atoms with Crippen molar-refractivity contribution in [1.29, 1.82) is 0 Å². The molecule has 1 unspecified atom stereocenters. The van der Waals surface area contributed by atoms with E-state index < -0.39 is 0 Å². The van der Waals surface area contributed by atoms with E-state index in [2.05, 4.69) is 10.6 Å². The van der Waals surface area contributed by atoms with E-state index in [4.69, 9.17) is 9.47 Å². The van der Waals surface area contributed by atoms with Gasteiger partial charge in [-0.3, -0.25) is 4.79 Å². The zero-order chi connectivity index (χ0) is 13.8. The Balaban J connectivity index is 0.00000161. The van der Waals surface area contributed by atoms with Crippen molar-refractivity contribution < 1.29 is 14.3 Å². The summed E-state index contributed by atoms with van der Waals surface area (Å²) in [5.41, 5.74) is 0.763. The van der Waals surface area contributed by atoms with Gasteiger partial charge in [0.1, 0.15) is 13.2 Å². The number of anilines is 1. The minimum Gasteiger partial charge on any atom is -0.486 e. The average Bonchev–Trinajstić information content (AvgIpc) is 2.98. The molecule has 0 spiro atoms. The monoisotopic (exact) mass is 312 g/mol. The van der Waals surface area contributed by atoms with E-state index in [-0.39, 0.29) is 18.3 Å². The van der Waals surface area contributed by atoms with Crippen LogP contribution in [0.3, 0.4) is 0 Å². The highest BCUT2D eigenvalue weighted by atomic mass is 35.5. The number of fused-ring (bicyclic) bond motifs is 1. The van der Waals surface area contributed by atoms with Crippen LogP contribution in [0.2, 0.25) is 0 Å². The van der Waals surface area contributed by atoms with Crippen LogP contribution in [-0.2, 0) is 4.79 Å². The SMILES string of the molecule is Cl.O=C(CCC1CCCN1)Nc1ccc2c(c1)OCCO2. The quantitative estimate of drug-likeness (QED) is 0.896. The fourth-order valence-corrected chi connectivity index (χ4v) is 2.65. The molecule has 1 aromatic carbocycles. The van der Waals surface area contributed by atoms with Gasteiger partial charge in [0.2, 0.25) is 5.91 Å². The van der Waals surface area contributed by atoms with Crippen LogP contribution < -0.4 is 20.1 Å². The lowest BCUT2D eigenvalue weighted by Gasteiger charge is -2.19. The van der Waals surface area contributed by atoms with E-state index in [9.17, 15) is 4.79 Å². The molecule has 1 atom stereocenters. The van der Waals surface area contributed by atoms with Gasteiger partial charge in [0.15, 0.2) is 11.5 Å². The van der Waals surface area contributed by atoms with Gasteiger partial charge in [0.25, 0.3) is 0 Å². The van der Waals surface area contributed by atoms with E-state index in [1.54, 1.807) is 0 Å². The predicted octanol–water partition coefficient (Wildman–Crippen LogP) is 2.35. The highest BCUT2D eigenvalue weighted by molar-refractivity contribution is 5.91. The predicted molar refractivity (Wildman–Crippen MR) is 83.6 cm³/mol. The molecule has 5 nitrogen and oxygen atoms in total. The van der Waals surface area contributed by atoms with Crippen LogP contribution in [-0.4, -0.2) is 31.7 Å². The van der Waals surface area contributed by atoms with Crippen molar-refractivity contribution in [3.8, 4) is 11.5 Å². The number of rotatable bonds is 4. The van der Waals surface area contributed by atoms with Crippen molar-refractivity contribution >= 4 is 24.0 Å². The van der Waals surface area contributed by atoms with Crippen LogP contribution in [0, 0.1) is 0 Å². The van der Waals surface area contributed by atoms with Crippen LogP contribution in [0.4, 0.5) is 5.69 Å². The number of hydrogen-bond donors (Lipinski definition) is 2. The van der Waals surface area contributed by atoms with Gasteiger partial charge in [-0.2, -0.15) is 0 Å². The van der Waals surface area contributed by atoms with Crippen molar-refractivity contribution in [2.75, 3.05) is 25.1 Å². The van der Waals surface area contributed by atoms with Crippen LogP contribution >= 0.6 is 12.4 Å². The van der Waals surface area contributed by atoms with Crippen molar-refractivity contribution in [1.82, 2.24) is 5.32 Å². The molecule has 6 heteroatoms. The summed E-state index contributed by atoms with van der Waals surface area (Å²) in [4.78, 5) is 11.9. The van der Waals surface area contributed by atoms with Crippen LogP contribution in [0.25, 0.3) is 0 Å². The van der Waals surface area contributed by atoms with Crippen LogP contribution in [0.1, 0.15) is 25.7 Å². The van der Waals surface area contributed by atoms with Gasteiger partial charge in [-0.25, -0.2) is 0 Å². The first-order chi connectivity index (χ1) is 9.81. The number of carbonyl (C=O) groups excluding carboxylic acids is 1. The molecule has 0 radical (unpaired) electrons. The third-order valence-corrected chi connectivity index (χ3v) is 3.71. The number of halogens is 1. The maximum absolute atomic E-state index is 11.9. The summed E-state index contributed by atoms with van der Waals surface area (Å²) in [7, 11) is 0. The fourth-order valence-electron chi connectivity index (χ4n) is 2.65. The standard InChI is InChI=1S/C15H20N2O3.ClH/c18-15(6-4-11-2-1-7-16-11)17-12-3-5-13-14(10-12)20-9-8-19-13;/h3,5,10-11,16H,1-2,4,6-9H2,(H,17,18);1H. The molecule has 116 valence electrons. The normalized spacial score (nSPS) is 19.7. The molecule has 1 saturated heterocycles. The molecule has 2 heterocycles. The Kier molecular flexibility index (Phi) is 5.70. The van der Waals surface area contributed by atoms with E-state index in [0.717, 1.165) is 24.4 Å². The van der Waals surface area contributed by atoms with Gasteiger partial charge < -0.3 is 20.1 Å². The Bertz CT molecular complexity index is 490. The van der Waals surface area contributed by atoms with Crippen LogP contribution in [0.5, 0.6) is 11.5 Å². The highest BCUT2D eigenvalue weighted by Crippen LogP contribution is 2.32. The zero-order valence-corrected chi connectivity index (χ0v) is 12.7. The molecule has 1 amide bonds. The summed E-state index contributed by atoms with van der Waals surface area (Å²) in [6.07, 6.45) is 3.84. The summed E-state index contributed by atoms with van der Waals surface area (Å²) in [5.74, 6) is 1.49. The second kappa shape index (κ2) is 7.52. The van der Waals surface area contributed by atoms with Crippen LogP contribution in [0.15, 0.2) is 18.2 Å². The number of hydrogen-bond acceptors (Lipinski definition) is 4. The third kappa shape index (κ3) is 4.25. The van der Waals surface area contributed by atoms with E-state index in [1.807, 2.05) is 18.2 Å². The van der Waals surface area contributed by atoms with Gasteiger partial charge in [-0.1, -0.05) is 0 Å². The molecule has 2 aliphatic heterocycles. The zero-order valence-electron chi connectivity index (χ0n) is 11.9. The average molecular weight is 313 g/mol. The molecule has 2 aliphatic rings. The molecule has 21 heavy (non-hydrogen) atoms. The van der Waals surface area contributed by atoms with Gasteiger partial charge in [-0.05, 0) is 37.9 Å². The summed E-state index contributed by atoms with van der Waals surface area (Å²) in [6.45, 7) is 2.21. The van der Waals surface area contributed by atoms with Gasteiger partial charge in [0.05, 0.1) is 0 Å². The number of carbonyl (C=O) groups is 1. The number of nitrogens with one attached hydrogen (secondary N) is 2. The number of benzene rings is 1. The Morgan fingerprint density at radius 1 is 1.29 bits per heavy atom. The lowest BCUT2D eigenvalue weighted by atomic mass is 10.1. The molecule has 0 aliphatic carbocycles. The second-order valence-electron chi connectivity index (χ2n) is 5.24. The first-order valence-electron chi connectivity index (χ1n) is 7.24. The highest BCUT2D eigenvalue weighted by Gasteiger charge is 2.16. The number of ether oxygens (including phenoxy) is 2. The molecule has 0 saturated carbocycles. The maximum Gasteiger partial charge on any atom is 0.224 e. The van der Waals surface area contributed by atoms with Gasteiger partial charge in [0, 0.05) is 24.2 Å². The van der Waals surface area contributed by atoms with E-state index in [1.165, 1.54) is 12.8 Å². The first kappa shape index (κ1) is 15.9. The third-order valence-electron chi connectivity index (χ3n) is 3.71. The molecular formula is C15H21ClN2O3. The largest absolute Gasteiger partial charge is 0.486 e. The van der Waals surface area contributed by atoms with E-state index >= 15 is 0 Å². The van der Waals surface area contributed by atoms with Crippen molar-refractivity contribution in [3.05, 3.63) is 18.2 Å². The first-order valence-corrected chi connectivity index (χ1v) is 7.24. The molecule has 3 rings (SSSR count). The van der Waals surface area contributed by atoms with Crippen molar-refractivity contribution in [2.45, 2.75) is 31.7 Å². The minimum atomic E-state index is 0. The summed E-state index contributed by atoms with van der Waals surface area (Å²) >= 11 is 0. The summed E-state index contributed by atoms with van der Waals surface area (Å²) in [6, 6.07) is 6.00. The summed E-state index contributed by atoms with van der Waals surface area (Å²) < 4.78 is 11.0. The number of amides is 1. The van der Waals surface area contributed by atoms with Gasteiger partial charge in [-0.15, -0.1) is 12.4 Å². The molecule has 1 aromatic rings. The molecule has 1 fully saturated rings. The molecule has 2 N–H and O–H groups in total. The van der Waals surface area contributed by atoms with Crippen molar-refractivity contribution in [2.24, 2.45) is 0 Å². The Labute approximate surface area is 130 Å². The molecule has 0 aromatic heterocycles. The van der Waals surface area contributed by atoms with Crippen molar-refractivity contribution in [3.63, 3.8) is 0 Å².